The van der Waals surface area contributed by atoms with E-state index in [4.69, 9.17) is 4.98 Å². The molecule has 6 nitrogen and oxygen atoms in total. The second kappa shape index (κ2) is 7.92. The molecule has 1 aliphatic rings. The van der Waals surface area contributed by atoms with Gasteiger partial charge in [-0.1, -0.05) is 18.2 Å². The van der Waals surface area contributed by atoms with Crippen LogP contribution in [0, 0.1) is 13.8 Å². The van der Waals surface area contributed by atoms with Gasteiger partial charge < -0.3 is 19.5 Å². The molecule has 28 heavy (non-hydrogen) atoms. The zero-order valence-corrected chi connectivity index (χ0v) is 16.9. The first kappa shape index (κ1) is 18.3. The Bertz CT molecular complexity index is 982. The zero-order valence-electron chi connectivity index (χ0n) is 16.9. The normalized spacial score (nSPS) is 15.3. The molecule has 3 aromatic rings. The fourth-order valence-electron chi connectivity index (χ4n) is 3.79. The number of nitrogens with one attached hydrogen (secondary N) is 1. The molecule has 146 valence electrons. The van der Waals surface area contributed by atoms with E-state index >= 15 is 0 Å². The van der Waals surface area contributed by atoms with E-state index < -0.39 is 0 Å². The lowest BCUT2D eigenvalue weighted by Crippen LogP contribution is -2.52. The van der Waals surface area contributed by atoms with Gasteiger partial charge >= 0.3 is 0 Å². The molecule has 0 saturated carbocycles. The number of benzene rings is 1. The standard InChI is InChI=1S/C22H28N6/c1-17-6-4-8-20(14-17)26-10-12-27(13-11-26)22(23-3)24-15-19-16-28-18(2)7-5-9-21(28)25-19/h4-9,14,16H,10-13,15H2,1-3H3,(H,23,24). The van der Waals surface area contributed by atoms with Gasteiger partial charge in [0.1, 0.15) is 5.65 Å². The summed E-state index contributed by atoms with van der Waals surface area (Å²) in [6.07, 6.45) is 2.10. The first-order chi connectivity index (χ1) is 13.6. The van der Waals surface area contributed by atoms with E-state index in [0.717, 1.165) is 43.5 Å². The Balaban J connectivity index is 1.36. The summed E-state index contributed by atoms with van der Waals surface area (Å²) >= 11 is 0. The number of hydrogen-bond donors (Lipinski definition) is 1. The van der Waals surface area contributed by atoms with Crippen molar-refractivity contribution in [2.24, 2.45) is 4.99 Å². The molecule has 0 bridgehead atoms. The maximum absolute atomic E-state index is 4.70. The monoisotopic (exact) mass is 376 g/mol. The van der Waals surface area contributed by atoms with Gasteiger partial charge in [0, 0.05) is 50.8 Å². The van der Waals surface area contributed by atoms with Gasteiger partial charge in [0.15, 0.2) is 5.96 Å². The molecule has 1 fully saturated rings. The summed E-state index contributed by atoms with van der Waals surface area (Å²) in [5.74, 6) is 0.942. The molecular formula is C22H28N6. The van der Waals surface area contributed by atoms with E-state index in [1.54, 1.807) is 0 Å². The Morgan fingerprint density at radius 1 is 1.07 bits per heavy atom. The van der Waals surface area contributed by atoms with Crippen LogP contribution in [0.25, 0.3) is 5.65 Å². The molecule has 1 N–H and O–H groups in total. The summed E-state index contributed by atoms with van der Waals surface area (Å²) in [6, 6.07) is 14.9. The first-order valence-electron chi connectivity index (χ1n) is 9.85. The quantitative estimate of drug-likeness (QED) is 0.564. The smallest absolute Gasteiger partial charge is 0.194 e. The minimum atomic E-state index is 0.673. The Morgan fingerprint density at radius 3 is 2.57 bits per heavy atom. The van der Waals surface area contributed by atoms with E-state index in [9.17, 15) is 0 Å². The molecule has 0 aliphatic carbocycles. The number of piperazine rings is 1. The summed E-state index contributed by atoms with van der Waals surface area (Å²) in [7, 11) is 1.85. The fourth-order valence-corrected chi connectivity index (χ4v) is 3.79. The number of anilines is 1. The third kappa shape index (κ3) is 3.81. The van der Waals surface area contributed by atoms with Crippen LogP contribution in [0.1, 0.15) is 17.0 Å². The molecular weight excluding hydrogens is 348 g/mol. The molecule has 1 aliphatic heterocycles. The van der Waals surface area contributed by atoms with Crippen molar-refractivity contribution in [2.45, 2.75) is 20.4 Å². The van der Waals surface area contributed by atoms with E-state index in [2.05, 4.69) is 74.9 Å². The third-order valence-electron chi connectivity index (χ3n) is 5.33. The van der Waals surface area contributed by atoms with Gasteiger partial charge in [0.2, 0.25) is 0 Å². The molecule has 6 heteroatoms. The molecule has 0 spiro atoms. The number of aryl methyl sites for hydroxylation is 2. The van der Waals surface area contributed by atoms with Crippen LogP contribution >= 0.6 is 0 Å². The summed E-state index contributed by atoms with van der Waals surface area (Å²) < 4.78 is 2.13. The van der Waals surface area contributed by atoms with Gasteiger partial charge in [-0.3, -0.25) is 4.99 Å². The second-order valence-electron chi connectivity index (χ2n) is 7.34. The predicted molar refractivity (Wildman–Crippen MR) is 115 cm³/mol. The number of imidazole rings is 1. The van der Waals surface area contributed by atoms with E-state index in [1.165, 1.54) is 16.9 Å². The summed E-state index contributed by atoms with van der Waals surface area (Å²) in [6.45, 7) is 8.82. The van der Waals surface area contributed by atoms with E-state index in [0.29, 0.717) is 6.54 Å². The van der Waals surface area contributed by atoms with Gasteiger partial charge in [-0.05, 0) is 43.7 Å². The zero-order chi connectivity index (χ0) is 19.5. The summed E-state index contributed by atoms with van der Waals surface area (Å²) in [5, 5.41) is 3.48. The number of nitrogens with zero attached hydrogens (tertiary/aromatic N) is 5. The lowest BCUT2D eigenvalue weighted by atomic mass is 10.2. The Kier molecular flexibility index (Phi) is 5.19. The first-order valence-corrected chi connectivity index (χ1v) is 9.85. The highest BCUT2D eigenvalue weighted by Gasteiger charge is 2.20. The number of hydrogen-bond acceptors (Lipinski definition) is 3. The number of aliphatic imine (C=N–C) groups is 1. The van der Waals surface area contributed by atoms with Crippen LogP contribution in [-0.4, -0.2) is 53.5 Å². The highest BCUT2D eigenvalue weighted by Crippen LogP contribution is 2.18. The molecule has 0 amide bonds. The van der Waals surface area contributed by atoms with Gasteiger partial charge in [0.25, 0.3) is 0 Å². The number of aromatic nitrogens is 2. The number of pyridine rings is 1. The Hall–Kier alpha value is -3.02. The molecule has 3 heterocycles. The van der Waals surface area contributed by atoms with Crippen LogP contribution in [0.3, 0.4) is 0 Å². The molecule has 4 rings (SSSR count). The highest BCUT2D eigenvalue weighted by atomic mass is 15.3. The molecule has 1 saturated heterocycles. The average molecular weight is 377 g/mol. The van der Waals surface area contributed by atoms with E-state index in [-0.39, 0.29) is 0 Å². The van der Waals surface area contributed by atoms with Crippen LogP contribution < -0.4 is 10.2 Å². The van der Waals surface area contributed by atoms with Crippen LogP contribution in [-0.2, 0) is 6.54 Å². The molecule has 0 unspecified atom stereocenters. The van der Waals surface area contributed by atoms with Gasteiger partial charge in [-0.2, -0.15) is 0 Å². The lowest BCUT2D eigenvalue weighted by Gasteiger charge is -2.37. The van der Waals surface area contributed by atoms with E-state index in [1.807, 2.05) is 19.2 Å². The van der Waals surface area contributed by atoms with Crippen LogP contribution in [0.15, 0.2) is 53.7 Å². The SMILES string of the molecule is CN=C(NCc1cn2c(C)cccc2n1)N1CCN(c2cccc(C)c2)CC1. The fraction of sp³-hybridized carbons (Fsp3) is 0.364. The lowest BCUT2D eigenvalue weighted by molar-refractivity contribution is 0.372. The summed E-state index contributed by atoms with van der Waals surface area (Å²) in [5.41, 5.74) is 5.81. The molecule has 0 atom stereocenters. The van der Waals surface area contributed by atoms with Crippen molar-refractivity contribution in [1.82, 2.24) is 19.6 Å². The topological polar surface area (TPSA) is 48.2 Å². The maximum atomic E-state index is 4.70. The van der Waals surface area contributed by atoms with Crippen molar-refractivity contribution in [3.05, 3.63) is 65.6 Å². The number of rotatable bonds is 3. The third-order valence-corrected chi connectivity index (χ3v) is 5.33. The summed E-state index contributed by atoms with van der Waals surface area (Å²) in [4.78, 5) is 14.0. The van der Waals surface area contributed by atoms with Crippen molar-refractivity contribution in [1.29, 1.82) is 0 Å². The highest BCUT2D eigenvalue weighted by molar-refractivity contribution is 5.80. The molecule has 1 aromatic carbocycles. The minimum Gasteiger partial charge on any atom is -0.368 e. The second-order valence-corrected chi connectivity index (χ2v) is 7.34. The largest absolute Gasteiger partial charge is 0.368 e. The Labute approximate surface area is 166 Å². The van der Waals surface area contributed by atoms with Crippen molar-refractivity contribution in [3.63, 3.8) is 0 Å². The van der Waals surface area contributed by atoms with Gasteiger partial charge in [-0.25, -0.2) is 4.98 Å². The molecule has 2 aromatic heterocycles. The average Bonchev–Trinajstić information content (AvgIpc) is 3.13. The van der Waals surface area contributed by atoms with Crippen molar-refractivity contribution < 1.29 is 0 Å². The maximum Gasteiger partial charge on any atom is 0.194 e. The van der Waals surface area contributed by atoms with Crippen LogP contribution in [0.2, 0.25) is 0 Å². The van der Waals surface area contributed by atoms with Gasteiger partial charge in [-0.15, -0.1) is 0 Å². The van der Waals surface area contributed by atoms with Crippen molar-refractivity contribution in [2.75, 3.05) is 38.1 Å². The van der Waals surface area contributed by atoms with Crippen molar-refractivity contribution >= 4 is 17.3 Å². The molecule has 0 radical (unpaired) electrons. The number of fused-ring (bicyclic) bond motifs is 1. The minimum absolute atomic E-state index is 0.673. The Morgan fingerprint density at radius 2 is 1.86 bits per heavy atom. The van der Waals surface area contributed by atoms with Crippen molar-refractivity contribution in [3.8, 4) is 0 Å². The number of guanidine groups is 1. The predicted octanol–water partition coefficient (Wildman–Crippen LogP) is 2.85. The van der Waals surface area contributed by atoms with Crippen LogP contribution in [0.4, 0.5) is 5.69 Å². The van der Waals surface area contributed by atoms with Crippen LogP contribution in [0.5, 0.6) is 0 Å². The van der Waals surface area contributed by atoms with Gasteiger partial charge in [0.05, 0.1) is 12.2 Å².